The van der Waals surface area contributed by atoms with Gasteiger partial charge in [0.2, 0.25) is 5.76 Å². The van der Waals surface area contributed by atoms with E-state index < -0.39 is 5.97 Å². The molecule has 1 aromatic rings. The van der Waals surface area contributed by atoms with Crippen LogP contribution in [0.25, 0.3) is 0 Å². The minimum Gasteiger partial charge on any atom is -0.475 e. The van der Waals surface area contributed by atoms with Crippen LogP contribution in [0.5, 0.6) is 0 Å². The SMILES string of the molecule is CC1CCc2c(noc2C(=O)O)C1. The highest BCUT2D eigenvalue weighted by molar-refractivity contribution is 5.86. The lowest BCUT2D eigenvalue weighted by atomic mass is 9.88. The third-order valence-corrected chi connectivity index (χ3v) is 2.49. The Kier molecular flexibility index (Phi) is 1.83. The van der Waals surface area contributed by atoms with Crippen LogP contribution in [0, 0.1) is 5.92 Å². The average Bonchev–Trinajstić information content (AvgIpc) is 2.46. The molecule has 0 spiro atoms. The smallest absolute Gasteiger partial charge is 0.375 e. The minimum absolute atomic E-state index is 0.0295. The molecule has 1 aliphatic carbocycles. The molecule has 0 aliphatic heterocycles. The maximum Gasteiger partial charge on any atom is 0.375 e. The number of nitrogens with zero attached hydrogens (tertiary/aromatic N) is 1. The molecule has 1 N–H and O–H groups in total. The first-order valence-corrected chi connectivity index (χ1v) is 4.39. The average molecular weight is 181 g/mol. The van der Waals surface area contributed by atoms with Crippen molar-refractivity contribution < 1.29 is 14.4 Å². The second kappa shape index (κ2) is 2.87. The van der Waals surface area contributed by atoms with Crippen LogP contribution in [0.15, 0.2) is 4.52 Å². The number of aromatic carboxylic acids is 1. The second-order valence-corrected chi connectivity index (χ2v) is 3.59. The summed E-state index contributed by atoms with van der Waals surface area (Å²) >= 11 is 0. The number of rotatable bonds is 1. The number of hydrogen-bond donors (Lipinski definition) is 1. The minimum atomic E-state index is -1.01. The molecule has 4 heteroatoms. The summed E-state index contributed by atoms with van der Waals surface area (Å²) in [5, 5.41) is 12.5. The zero-order valence-corrected chi connectivity index (χ0v) is 7.41. The van der Waals surface area contributed by atoms with E-state index in [1.54, 1.807) is 0 Å². The fourth-order valence-corrected chi connectivity index (χ4v) is 1.75. The highest BCUT2D eigenvalue weighted by Crippen LogP contribution is 2.27. The molecular formula is C9H11NO3. The summed E-state index contributed by atoms with van der Waals surface area (Å²) in [5.74, 6) is -0.399. The van der Waals surface area contributed by atoms with Crippen molar-refractivity contribution >= 4 is 5.97 Å². The predicted molar refractivity (Wildman–Crippen MR) is 44.7 cm³/mol. The van der Waals surface area contributed by atoms with Crippen LogP contribution in [-0.2, 0) is 12.8 Å². The van der Waals surface area contributed by atoms with Crippen molar-refractivity contribution in [2.75, 3.05) is 0 Å². The summed E-state index contributed by atoms with van der Waals surface area (Å²) in [7, 11) is 0. The molecule has 0 aromatic carbocycles. The second-order valence-electron chi connectivity index (χ2n) is 3.59. The molecule has 1 heterocycles. The third-order valence-electron chi connectivity index (χ3n) is 2.49. The molecule has 70 valence electrons. The lowest BCUT2D eigenvalue weighted by Gasteiger charge is -2.15. The summed E-state index contributed by atoms with van der Waals surface area (Å²) in [6.07, 6.45) is 2.64. The van der Waals surface area contributed by atoms with Gasteiger partial charge in [-0.25, -0.2) is 4.79 Å². The summed E-state index contributed by atoms with van der Waals surface area (Å²) in [5.41, 5.74) is 1.63. The summed E-state index contributed by atoms with van der Waals surface area (Å²) < 4.78 is 4.78. The molecule has 0 saturated heterocycles. The Morgan fingerprint density at radius 2 is 2.46 bits per heavy atom. The summed E-state index contributed by atoms with van der Waals surface area (Å²) in [6.45, 7) is 2.14. The van der Waals surface area contributed by atoms with Crippen LogP contribution in [0.1, 0.15) is 35.2 Å². The van der Waals surface area contributed by atoms with Crippen LogP contribution in [0.4, 0.5) is 0 Å². The van der Waals surface area contributed by atoms with Crippen LogP contribution >= 0.6 is 0 Å². The highest BCUT2D eigenvalue weighted by Gasteiger charge is 2.26. The Labute approximate surface area is 75.5 Å². The van der Waals surface area contributed by atoms with Gasteiger partial charge in [-0.15, -0.1) is 0 Å². The van der Waals surface area contributed by atoms with E-state index in [0.717, 1.165) is 30.5 Å². The van der Waals surface area contributed by atoms with Crippen LogP contribution in [0.2, 0.25) is 0 Å². The number of carboxylic acid groups (broad SMARTS) is 1. The molecule has 13 heavy (non-hydrogen) atoms. The standard InChI is InChI=1S/C9H11NO3/c1-5-2-3-6-7(4-5)10-13-8(6)9(11)12/h5H,2-4H2,1H3,(H,11,12). The predicted octanol–water partition coefficient (Wildman–Crippen LogP) is 1.50. The van der Waals surface area contributed by atoms with E-state index in [9.17, 15) is 4.79 Å². The van der Waals surface area contributed by atoms with E-state index >= 15 is 0 Å². The topological polar surface area (TPSA) is 63.3 Å². The molecule has 0 saturated carbocycles. The fourth-order valence-electron chi connectivity index (χ4n) is 1.75. The van der Waals surface area contributed by atoms with Gasteiger partial charge in [-0.3, -0.25) is 0 Å². The van der Waals surface area contributed by atoms with Gasteiger partial charge in [0.05, 0.1) is 5.69 Å². The highest BCUT2D eigenvalue weighted by atomic mass is 16.5. The maximum atomic E-state index is 10.7. The maximum absolute atomic E-state index is 10.7. The molecule has 0 bridgehead atoms. The molecule has 0 amide bonds. The van der Waals surface area contributed by atoms with Gasteiger partial charge in [0.15, 0.2) is 0 Å². The zero-order chi connectivity index (χ0) is 9.42. The van der Waals surface area contributed by atoms with E-state index in [1.165, 1.54) is 0 Å². The first kappa shape index (κ1) is 8.29. The first-order chi connectivity index (χ1) is 6.18. The molecule has 1 unspecified atom stereocenters. The molecule has 4 nitrogen and oxygen atoms in total. The number of hydrogen-bond acceptors (Lipinski definition) is 3. The summed E-state index contributed by atoms with van der Waals surface area (Å²) in [4.78, 5) is 10.7. The van der Waals surface area contributed by atoms with Gasteiger partial charge in [-0.2, -0.15) is 0 Å². The van der Waals surface area contributed by atoms with E-state index in [4.69, 9.17) is 9.63 Å². The molecule has 0 radical (unpaired) electrons. The lowest BCUT2D eigenvalue weighted by Crippen LogP contribution is -2.12. The van der Waals surface area contributed by atoms with Crippen molar-refractivity contribution in [1.29, 1.82) is 0 Å². The summed E-state index contributed by atoms with van der Waals surface area (Å²) in [6, 6.07) is 0. The first-order valence-electron chi connectivity index (χ1n) is 4.39. The molecule has 1 atom stereocenters. The Morgan fingerprint density at radius 1 is 1.69 bits per heavy atom. The number of fused-ring (bicyclic) bond motifs is 1. The van der Waals surface area contributed by atoms with E-state index in [-0.39, 0.29) is 5.76 Å². The van der Waals surface area contributed by atoms with Crippen molar-refractivity contribution in [3.8, 4) is 0 Å². The number of carboxylic acids is 1. The van der Waals surface area contributed by atoms with Gasteiger partial charge in [0.1, 0.15) is 0 Å². The molecule has 1 aliphatic rings. The van der Waals surface area contributed by atoms with Crippen molar-refractivity contribution in [3.05, 3.63) is 17.0 Å². The van der Waals surface area contributed by atoms with Crippen molar-refractivity contribution in [2.45, 2.75) is 26.2 Å². The van der Waals surface area contributed by atoms with E-state index in [0.29, 0.717) is 5.92 Å². The fraction of sp³-hybridized carbons (Fsp3) is 0.556. The van der Waals surface area contributed by atoms with E-state index in [1.807, 2.05) is 0 Å². The van der Waals surface area contributed by atoms with Crippen molar-refractivity contribution in [2.24, 2.45) is 5.92 Å². The molecular weight excluding hydrogens is 170 g/mol. The zero-order valence-electron chi connectivity index (χ0n) is 7.41. The largest absolute Gasteiger partial charge is 0.475 e. The van der Waals surface area contributed by atoms with Gasteiger partial charge in [0, 0.05) is 5.56 Å². The van der Waals surface area contributed by atoms with Gasteiger partial charge in [0.25, 0.3) is 0 Å². The van der Waals surface area contributed by atoms with Gasteiger partial charge < -0.3 is 9.63 Å². The lowest BCUT2D eigenvalue weighted by molar-refractivity contribution is 0.0650. The Morgan fingerprint density at radius 3 is 3.15 bits per heavy atom. The monoisotopic (exact) mass is 181 g/mol. The van der Waals surface area contributed by atoms with Crippen LogP contribution in [0.3, 0.4) is 0 Å². The Balaban J connectivity index is 2.39. The van der Waals surface area contributed by atoms with Crippen LogP contribution < -0.4 is 0 Å². The number of aromatic nitrogens is 1. The van der Waals surface area contributed by atoms with E-state index in [2.05, 4.69) is 12.1 Å². The Bertz CT molecular complexity index is 343. The Hall–Kier alpha value is -1.32. The third kappa shape index (κ3) is 1.32. The normalized spacial score (nSPS) is 21.2. The van der Waals surface area contributed by atoms with Gasteiger partial charge in [-0.1, -0.05) is 12.1 Å². The molecule has 2 rings (SSSR count). The molecule has 1 aromatic heterocycles. The van der Waals surface area contributed by atoms with Gasteiger partial charge in [-0.05, 0) is 25.2 Å². The van der Waals surface area contributed by atoms with Crippen molar-refractivity contribution in [1.82, 2.24) is 5.16 Å². The van der Waals surface area contributed by atoms with Gasteiger partial charge >= 0.3 is 5.97 Å². The number of carbonyl (C=O) groups is 1. The quantitative estimate of drug-likeness (QED) is 0.713. The van der Waals surface area contributed by atoms with Crippen LogP contribution in [-0.4, -0.2) is 16.2 Å². The molecule has 0 fully saturated rings. The van der Waals surface area contributed by atoms with Crippen molar-refractivity contribution in [3.63, 3.8) is 0 Å².